The fourth-order valence-corrected chi connectivity index (χ4v) is 12.6. The Morgan fingerprint density at radius 1 is 0.959 bits per heavy atom. The maximum atomic E-state index is 14.7. The normalized spacial score (nSPS) is 42.5. The first-order valence-electron chi connectivity index (χ1n) is 20.0. The van der Waals surface area contributed by atoms with Crippen molar-refractivity contribution in [2.24, 2.45) is 73.9 Å². The summed E-state index contributed by atoms with van der Waals surface area (Å²) in [6.07, 6.45) is 9.58. The zero-order valence-corrected chi connectivity index (χ0v) is 33.3. The molecule has 1 saturated heterocycles. The molecule has 0 amide bonds. The van der Waals surface area contributed by atoms with Crippen LogP contribution in [0.2, 0.25) is 0 Å². The van der Waals surface area contributed by atoms with E-state index in [4.69, 9.17) is 14.2 Å². The molecular weight excluding hydrogens is 604 g/mol. The number of carbonyl (C=O) groups is 1. The van der Waals surface area contributed by atoms with Crippen molar-refractivity contribution in [3.05, 3.63) is 47.5 Å². The van der Waals surface area contributed by atoms with E-state index in [1.165, 1.54) is 12.8 Å². The predicted molar refractivity (Wildman–Crippen MR) is 200 cm³/mol. The van der Waals surface area contributed by atoms with Crippen molar-refractivity contribution < 1.29 is 19.0 Å². The lowest BCUT2D eigenvalue weighted by molar-refractivity contribution is -0.255. The number of fused-ring (bicyclic) bond motifs is 3. The molecule has 2 bridgehead atoms. The number of carbonyl (C=O) groups excluding carboxylic acids is 1. The van der Waals surface area contributed by atoms with Gasteiger partial charge in [0.1, 0.15) is 6.61 Å². The van der Waals surface area contributed by atoms with Gasteiger partial charge in [-0.2, -0.15) is 0 Å². The topological polar surface area (TPSA) is 44.8 Å². The van der Waals surface area contributed by atoms with Crippen LogP contribution in [0.15, 0.2) is 42.0 Å². The van der Waals surface area contributed by atoms with Gasteiger partial charge in [-0.1, -0.05) is 125 Å². The molecule has 5 aliphatic rings. The predicted octanol–water partition coefficient (Wildman–Crippen LogP) is 10.9. The van der Waals surface area contributed by atoms with E-state index in [-0.39, 0.29) is 50.5 Å². The lowest BCUT2D eigenvalue weighted by atomic mass is 9.34. The van der Waals surface area contributed by atoms with Crippen molar-refractivity contribution in [1.82, 2.24) is 0 Å². The van der Waals surface area contributed by atoms with E-state index in [1.807, 2.05) is 18.2 Å². The minimum absolute atomic E-state index is 0.00193. The van der Waals surface area contributed by atoms with Gasteiger partial charge in [-0.3, -0.25) is 4.79 Å². The van der Waals surface area contributed by atoms with Gasteiger partial charge in [-0.15, -0.1) is 0 Å². The van der Waals surface area contributed by atoms with Crippen molar-refractivity contribution in [1.29, 1.82) is 0 Å². The maximum absolute atomic E-state index is 14.7. The van der Waals surface area contributed by atoms with E-state index in [9.17, 15) is 4.79 Å². The molecule has 4 heteroatoms. The van der Waals surface area contributed by atoms with Crippen LogP contribution in [-0.4, -0.2) is 31.9 Å². The van der Waals surface area contributed by atoms with Crippen LogP contribution in [0, 0.1) is 73.9 Å². The van der Waals surface area contributed by atoms with Crippen LogP contribution in [-0.2, 0) is 25.6 Å². The third-order valence-electron chi connectivity index (χ3n) is 16.8. The fourth-order valence-electron chi connectivity index (χ4n) is 12.6. The Morgan fingerprint density at radius 3 is 2.31 bits per heavy atom. The van der Waals surface area contributed by atoms with Gasteiger partial charge in [0.15, 0.2) is 0 Å². The summed E-state index contributed by atoms with van der Waals surface area (Å²) >= 11 is 0. The minimum atomic E-state index is -0.193. The second-order valence-electron chi connectivity index (χ2n) is 20.2. The zero-order valence-electron chi connectivity index (χ0n) is 33.3. The highest BCUT2D eigenvalue weighted by Crippen LogP contribution is 2.75. The number of allylic oxidation sites excluding steroid dienone is 1. The van der Waals surface area contributed by atoms with Gasteiger partial charge >= 0.3 is 5.97 Å². The summed E-state index contributed by atoms with van der Waals surface area (Å²) in [4.78, 5) is 14.7. The summed E-state index contributed by atoms with van der Waals surface area (Å²) in [5.74, 6) is 2.82. The average molecular weight is 675 g/mol. The first kappa shape index (κ1) is 37.1. The summed E-state index contributed by atoms with van der Waals surface area (Å²) in [6.45, 7) is 31.6. The lowest BCUT2D eigenvalue weighted by Gasteiger charge is -2.71. The maximum Gasteiger partial charge on any atom is 0.310 e. The van der Waals surface area contributed by atoms with Crippen LogP contribution < -0.4 is 0 Å². The molecule has 1 aliphatic heterocycles. The second kappa shape index (κ2) is 12.8. The van der Waals surface area contributed by atoms with Gasteiger partial charge in [0.05, 0.1) is 31.8 Å². The molecule has 1 heterocycles. The van der Waals surface area contributed by atoms with Crippen molar-refractivity contribution >= 4 is 5.97 Å². The third-order valence-corrected chi connectivity index (χ3v) is 16.8. The van der Waals surface area contributed by atoms with E-state index in [0.717, 1.165) is 51.1 Å². The first-order chi connectivity index (χ1) is 22.9. The molecule has 3 saturated carbocycles. The van der Waals surface area contributed by atoms with Crippen LogP contribution in [0.1, 0.15) is 127 Å². The van der Waals surface area contributed by atoms with Crippen LogP contribution in [0.3, 0.4) is 0 Å². The Hall–Kier alpha value is -1.65. The van der Waals surface area contributed by atoms with Gasteiger partial charge < -0.3 is 14.2 Å². The quantitative estimate of drug-likeness (QED) is 0.193. The summed E-state index contributed by atoms with van der Waals surface area (Å²) in [5.41, 5.74) is 2.63. The Labute approximate surface area is 299 Å². The SMILES string of the molecule is CC(C)[C@@H](C)[C@@]1(C)CC[C@]2(C)[C@H]3CC[C@@H]4[C@@]5(COC[C@]4(C)[C@@H](OCC(C)(C)C(C)C)[C@H](C)C5)C3=CC[C@@]2(C)[C@@H]1C(=O)OCc1ccccc1. The van der Waals surface area contributed by atoms with Crippen LogP contribution >= 0.6 is 0 Å². The molecule has 0 spiro atoms. The van der Waals surface area contributed by atoms with Gasteiger partial charge in [0.2, 0.25) is 0 Å². The standard InChI is InChI=1S/C45H70O4/c1-29(2)32(6)41(9)22-23-43(11)34-18-19-36-42(10)27-47-28-45(36,24-31(5)38(42)49-26-40(7,8)30(3)4)35(34)20-21-44(43,12)37(41)39(46)48-25-33-16-14-13-15-17-33/h13-17,20,29-32,34,36-38H,18-19,21-28H2,1-12H3/t31-,32-,34+,36+,37-,38+,41-,42+,43-,44+,45+/m1/s1. The number of esters is 1. The number of ether oxygens (including phenoxy) is 3. The summed E-state index contributed by atoms with van der Waals surface area (Å²) in [6, 6.07) is 10.2. The van der Waals surface area contributed by atoms with Crippen molar-refractivity contribution in [3.8, 4) is 0 Å². The molecule has 1 aromatic rings. The van der Waals surface area contributed by atoms with E-state index in [1.54, 1.807) is 5.57 Å². The number of hydrogen-bond donors (Lipinski definition) is 0. The highest BCUT2D eigenvalue weighted by atomic mass is 16.5. The lowest BCUT2D eigenvalue weighted by Crippen LogP contribution is -2.69. The summed E-state index contributed by atoms with van der Waals surface area (Å²) < 4.78 is 20.1. The van der Waals surface area contributed by atoms with E-state index in [0.29, 0.717) is 42.1 Å². The molecule has 4 nitrogen and oxygen atoms in total. The largest absolute Gasteiger partial charge is 0.461 e. The molecule has 49 heavy (non-hydrogen) atoms. The summed E-state index contributed by atoms with van der Waals surface area (Å²) in [5, 5.41) is 0. The van der Waals surface area contributed by atoms with Gasteiger partial charge in [-0.25, -0.2) is 0 Å². The van der Waals surface area contributed by atoms with Crippen LogP contribution in [0.25, 0.3) is 0 Å². The molecular formula is C45H70O4. The number of hydrogen-bond acceptors (Lipinski definition) is 4. The second-order valence-corrected chi connectivity index (χ2v) is 20.2. The molecule has 4 aliphatic carbocycles. The van der Waals surface area contributed by atoms with Crippen molar-refractivity contribution in [2.45, 2.75) is 134 Å². The number of rotatable bonds is 9. The van der Waals surface area contributed by atoms with Crippen molar-refractivity contribution in [3.63, 3.8) is 0 Å². The fraction of sp³-hybridized carbons (Fsp3) is 0.800. The molecule has 6 rings (SSSR count). The average Bonchev–Trinajstić information content (AvgIpc) is 3.04. The Kier molecular flexibility index (Phi) is 9.68. The first-order valence-corrected chi connectivity index (χ1v) is 20.0. The molecule has 0 unspecified atom stereocenters. The van der Waals surface area contributed by atoms with E-state index in [2.05, 4.69) is 101 Å². The molecule has 274 valence electrons. The Balaban J connectivity index is 1.36. The van der Waals surface area contributed by atoms with Gasteiger partial charge in [0, 0.05) is 10.8 Å². The van der Waals surface area contributed by atoms with Crippen molar-refractivity contribution in [2.75, 3.05) is 19.8 Å². The van der Waals surface area contributed by atoms with Crippen LogP contribution in [0.4, 0.5) is 0 Å². The minimum Gasteiger partial charge on any atom is -0.461 e. The smallest absolute Gasteiger partial charge is 0.310 e. The number of benzene rings is 1. The van der Waals surface area contributed by atoms with Crippen LogP contribution in [0.5, 0.6) is 0 Å². The van der Waals surface area contributed by atoms with E-state index < -0.39 is 0 Å². The molecule has 1 aromatic carbocycles. The Bertz CT molecular complexity index is 1400. The third kappa shape index (κ3) is 5.62. The zero-order chi connectivity index (χ0) is 35.8. The highest BCUT2D eigenvalue weighted by molar-refractivity contribution is 5.75. The molecule has 4 fully saturated rings. The molecule has 0 aromatic heterocycles. The van der Waals surface area contributed by atoms with Gasteiger partial charge in [0.25, 0.3) is 0 Å². The van der Waals surface area contributed by atoms with E-state index >= 15 is 0 Å². The molecule has 0 radical (unpaired) electrons. The highest BCUT2D eigenvalue weighted by Gasteiger charge is 2.71. The molecule has 11 atom stereocenters. The Morgan fingerprint density at radius 2 is 1.65 bits per heavy atom. The molecule has 0 N–H and O–H groups in total. The van der Waals surface area contributed by atoms with Gasteiger partial charge in [-0.05, 0) is 101 Å². The monoisotopic (exact) mass is 675 g/mol. The summed E-state index contributed by atoms with van der Waals surface area (Å²) in [7, 11) is 0.